The van der Waals surface area contributed by atoms with Crippen LogP contribution < -0.4 is 15.5 Å². The van der Waals surface area contributed by atoms with Crippen molar-refractivity contribution in [1.29, 1.82) is 0 Å². The number of nitrogens with one attached hydrogen (secondary N) is 2. The minimum absolute atomic E-state index is 0.159. The summed E-state index contributed by atoms with van der Waals surface area (Å²) in [5.41, 5.74) is 2.07. The van der Waals surface area contributed by atoms with Gasteiger partial charge in [-0.05, 0) is 79.2 Å². The first-order valence-electron chi connectivity index (χ1n) is 13.3. The number of carbonyl (C=O) groups is 2. The van der Waals surface area contributed by atoms with Crippen LogP contribution in [0.4, 0.5) is 21.1 Å². The van der Waals surface area contributed by atoms with E-state index in [1.807, 2.05) is 65.8 Å². The Morgan fingerprint density at radius 3 is 2.50 bits per heavy atom. The van der Waals surface area contributed by atoms with Gasteiger partial charge in [-0.3, -0.25) is 4.90 Å². The molecule has 0 bridgehead atoms. The average Bonchev–Trinajstić information content (AvgIpc) is 2.83. The number of anilines is 2. The van der Waals surface area contributed by atoms with E-state index in [0.29, 0.717) is 44.2 Å². The van der Waals surface area contributed by atoms with Crippen LogP contribution in [-0.2, 0) is 21.4 Å². The highest BCUT2D eigenvalue weighted by molar-refractivity contribution is 5.89. The largest absolute Gasteiger partial charge is 0.444 e. The number of benzene rings is 1. The van der Waals surface area contributed by atoms with E-state index in [2.05, 4.69) is 22.5 Å². The summed E-state index contributed by atoms with van der Waals surface area (Å²) >= 11 is 0. The van der Waals surface area contributed by atoms with Gasteiger partial charge >= 0.3 is 12.1 Å². The highest BCUT2D eigenvalue weighted by atomic mass is 16.6. The van der Waals surface area contributed by atoms with Crippen LogP contribution in [0.2, 0.25) is 0 Å². The van der Waals surface area contributed by atoms with Crippen LogP contribution in [0, 0.1) is 0 Å². The first kappa shape index (κ1) is 27.6. The number of carbonyl (C=O) groups excluding carboxylic acids is 2. The predicted molar refractivity (Wildman–Crippen MR) is 147 cm³/mol. The lowest BCUT2D eigenvalue weighted by molar-refractivity contribution is -0.00133. The summed E-state index contributed by atoms with van der Waals surface area (Å²) in [6, 6.07) is 7.38. The Morgan fingerprint density at radius 1 is 1.16 bits per heavy atom. The summed E-state index contributed by atoms with van der Waals surface area (Å²) in [5, 5.41) is 5.54. The Kier molecular flexibility index (Phi) is 7.83. The van der Waals surface area contributed by atoms with Gasteiger partial charge in [-0.15, -0.1) is 0 Å². The minimum Gasteiger partial charge on any atom is -0.444 e. The molecule has 0 aliphatic carbocycles. The number of fused-ring (bicyclic) bond motifs is 1. The second-order valence-electron chi connectivity index (χ2n) is 11.3. The van der Waals surface area contributed by atoms with Crippen LogP contribution in [0.3, 0.4) is 0 Å². The molecule has 2 aliphatic rings. The van der Waals surface area contributed by atoms with Gasteiger partial charge in [0.05, 0.1) is 30.5 Å². The first-order valence-corrected chi connectivity index (χ1v) is 13.3. The number of aromatic nitrogens is 2. The van der Waals surface area contributed by atoms with E-state index in [9.17, 15) is 9.59 Å². The van der Waals surface area contributed by atoms with Gasteiger partial charge in [-0.25, -0.2) is 19.6 Å². The third kappa shape index (κ3) is 5.85. The molecule has 10 heteroatoms. The Morgan fingerprint density at radius 2 is 1.87 bits per heavy atom. The Bertz CT molecular complexity index is 1180. The van der Waals surface area contributed by atoms with Gasteiger partial charge in [-0.2, -0.15) is 0 Å². The molecule has 3 heterocycles. The summed E-state index contributed by atoms with van der Waals surface area (Å²) in [5.74, 6) is 1.46. The standard InChI is InChI=1S/C28H40N6O4/c1-8-29-25(35)30-20-11-9-19(10-12-20)23-31-22-21(24(32-23)33-15-16-37-17-18(33)2)13-14-34(28(22,6)7)26(36)38-27(3,4)5/h9-12,18H,8,13-17H2,1-7H3,(H2,29,30,35). The average molecular weight is 525 g/mol. The molecular formula is C28H40N6O4. The molecule has 1 aromatic heterocycles. The van der Waals surface area contributed by atoms with Gasteiger partial charge in [0.15, 0.2) is 5.82 Å². The number of ether oxygens (including phenoxy) is 2. The Labute approximate surface area is 225 Å². The van der Waals surface area contributed by atoms with E-state index >= 15 is 0 Å². The zero-order valence-electron chi connectivity index (χ0n) is 23.6. The molecule has 0 saturated carbocycles. The number of morpholine rings is 1. The van der Waals surface area contributed by atoms with Crippen molar-refractivity contribution in [1.82, 2.24) is 20.2 Å². The van der Waals surface area contributed by atoms with Gasteiger partial charge in [-0.1, -0.05) is 0 Å². The van der Waals surface area contributed by atoms with Gasteiger partial charge in [0.1, 0.15) is 11.4 Å². The Hall–Kier alpha value is -3.40. The fraction of sp³-hybridized carbons (Fsp3) is 0.571. The number of urea groups is 1. The van der Waals surface area contributed by atoms with Gasteiger partial charge in [0, 0.05) is 36.4 Å². The summed E-state index contributed by atoms with van der Waals surface area (Å²) in [6.45, 7) is 16.7. The lowest BCUT2D eigenvalue weighted by atomic mass is 9.87. The maximum atomic E-state index is 13.2. The Balaban J connectivity index is 1.76. The lowest BCUT2D eigenvalue weighted by Crippen LogP contribution is -2.53. The van der Waals surface area contributed by atoms with E-state index in [0.717, 1.165) is 29.2 Å². The maximum Gasteiger partial charge on any atom is 0.411 e. The second kappa shape index (κ2) is 10.8. The summed E-state index contributed by atoms with van der Waals surface area (Å²) in [4.78, 5) is 39.3. The molecule has 1 unspecified atom stereocenters. The number of amides is 3. The number of hydrogen-bond acceptors (Lipinski definition) is 7. The third-order valence-corrected chi connectivity index (χ3v) is 6.82. The quantitative estimate of drug-likeness (QED) is 0.604. The number of rotatable bonds is 4. The predicted octanol–water partition coefficient (Wildman–Crippen LogP) is 4.54. The molecule has 1 atom stereocenters. The van der Waals surface area contributed by atoms with E-state index in [-0.39, 0.29) is 18.2 Å². The summed E-state index contributed by atoms with van der Waals surface area (Å²) in [6.07, 6.45) is 0.281. The van der Waals surface area contributed by atoms with Crippen molar-refractivity contribution < 1.29 is 19.1 Å². The molecule has 0 spiro atoms. The fourth-order valence-electron chi connectivity index (χ4n) is 4.92. The zero-order chi connectivity index (χ0) is 27.7. The molecular weight excluding hydrogens is 484 g/mol. The van der Waals surface area contributed by atoms with Crippen LogP contribution >= 0.6 is 0 Å². The molecule has 1 saturated heterocycles. The van der Waals surface area contributed by atoms with Crippen molar-refractivity contribution in [2.45, 2.75) is 72.1 Å². The number of nitrogens with zero attached hydrogens (tertiary/aromatic N) is 4. The van der Waals surface area contributed by atoms with E-state index < -0.39 is 11.1 Å². The van der Waals surface area contributed by atoms with Gasteiger partial charge in [0.2, 0.25) is 0 Å². The van der Waals surface area contributed by atoms with Crippen molar-refractivity contribution in [3.8, 4) is 11.4 Å². The zero-order valence-corrected chi connectivity index (χ0v) is 23.6. The third-order valence-electron chi connectivity index (χ3n) is 6.82. The van der Waals surface area contributed by atoms with E-state index in [4.69, 9.17) is 19.4 Å². The van der Waals surface area contributed by atoms with Crippen molar-refractivity contribution >= 4 is 23.6 Å². The van der Waals surface area contributed by atoms with Gasteiger partial charge < -0.3 is 25.0 Å². The smallest absolute Gasteiger partial charge is 0.411 e. The maximum absolute atomic E-state index is 13.2. The molecule has 206 valence electrons. The van der Waals surface area contributed by atoms with Crippen molar-refractivity contribution in [2.75, 3.05) is 43.1 Å². The molecule has 2 aromatic rings. The van der Waals surface area contributed by atoms with E-state index in [1.54, 1.807) is 4.90 Å². The van der Waals surface area contributed by atoms with Crippen LogP contribution in [0.1, 0.15) is 59.7 Å². The molecule has 1 aromatic carbocycles. The second-order valence-corrected chi connectivity index (χ2v) is 11.3. The van der Waals surface area contributed by atoms with Crippen LogP contribution in [-0.4, -0.2) is 71.5 Å². The molecule has 2 aliphatic heterocycles. The highest BCUT2D eigenvalue weighted by Crippen LogP contribution is 2.40. The van der Waals surface area contributed by atoms with Crippen LogP contribution in [0.15, 0.2) is 24.3 Å². The normalized spacial score (nSPS) is 19.0. The summed E-state index contributed by atoms with van der Waals surface area (Å²) in [7, 11) is 0. The monoisotopic (exact) mass is 524 g/mol. The topological polar surface area (TPSA) is 109 Å². The van der Waals surface area contributed by atoms with Crippen molar-refractivity contribution in [2.24, 2.45) is 0 Å². The molecule has 10 nitrogen and oxygen atoms in total. The fourth-order valence-corrected chi connectivity index (χ4v) is 4.92. The lowest BCUT2D eigenvalue weighted by Gasteiger charge is -2.45. The van der Waals surface area contributed by atoms with Gasteiger partial charge in [0.25, 0.3) is 0 Å². The van der Waals surface area contributed by atoms with Crippen molar-refractivity contribution in [3.63, 3.8) is 0 Å². The SMILES string of the molecule is CCNC(=O)Nc1ccc(-c2nc(N3CCOCC3C)c3c(n2)C(C)(C)N(C(=O)OC(C)(C)C)CC3)cc1. The molecule has 0 radical (unpaired) electrons. The van der Waals surface area contributed by atoms with Crippen LogP contribution in [0.5, 0.6) is 0 Å². The van der Waals surface area contributed by atoms with Crippen molar-refractivity contribution in [3.05, 3.63) is 35.5 Å². The molecule has 3 amide bonds. The molecule has 2 N–H and O–H groups in total. The van der Waals surface area contributed by atoms with Crippen LogP contribution in [0.25, 0.3) is 11.4 Å². The van der Waals surface area contributed by atoms with E-state index in [1.165, 1.54) is 0 Å². The molecule has 38 heavy (non-hydrogen) atoms. The number of hydrogen-bond donors (Lipinski definition) is 2. The first-order chi connectivity index (χ1) is 17.9. The molecule has 4 rings (SSSR count). The molecule has 1 fully saturated rings. The minimum atomic E-state index is -0.711. The summed E-state index contributed by atoms with van der Waals surface area (Å²) < 4.78 is 11.4. The highest BCUT2D eigenvalue weighted by Gasteiger charge is 2.43.